The summed E-state index contributed by atoms with van der Waals surface area (Å²) in [4.78, 5) is 14.5. The summed E-state index contributed by atoms with van der Waals surface area (Å²) in [6.45, 7) is 5.29. The van der Waals surface area contributed by atoms with Gasteiger partial charge in [-0.3, -0.25) is 9.48 Å². The van der Waals surface area contributed by atoms with Crippen LogP contribution in [-0.4, -0.2) is 49.9 Å². The molecule has 0 atom stereocenters. The van der Waals surface area contributed by atoms with Crippen molar-refractivity contribution in [1.29, 1.82) is 0 Å². The standard InChI is InChI=1S/C16H22N6O/c1-11-4-5-15(19-18-11)17-13-6-8-22(9-7-13)16(23)14-10-12(2)20-21(14)3/h4-5,10,13H,6-9H2,1-3H3,(H,17,19). The first-order valence-corrected chi connectivity index (χ1v) is 7.90. The van der Waals surface area contributed by atoms with Gasteiger partial charge in [0.25, 0.3) is 5.91 Å². The minimum atomic E-state index is 0.0571. The minimum Gasteiger partial charge on any atom is -0.366 e. The molecule has 1 fully saturated rings. The molecular weight excluding hydrogens is 292 g/mol. The minimum absolute atomic E-state index is 0.0571. The van der Waals surface area contributed by atoms with Crippen LogP contribution in [0.2, 0.25) is 0 Å². The van der Waals surface area contributed by atoms with Gasteiger partial charge in [0.05, 0.1) is 11.4 Å². The second kappa shape index (κ2) is 6.36. The summed E-state index contributed by atoms with van der Waals surface area (Å²) in [7, 11) is 1.81. The first kappa shape index (κ1) is 15.5. The maximum absolute atomic E-state index is 12.6. The summed E-state index contributed by atoms with van der Waals surface area (Å²) in [5, 5.41) is 15.8. The number of aryl methyl sites for hydroxylation is 3. The Morgan fingerprint density at radius 1 is 1.17 bits per heavy atom. The Morgan fingerprint density at radius 3 is 2.48 bits per heavy atom. The van der Waals surface area contributed by atoms with E-state index in [0.717, 1.165) is 43.1 Å². The molecule has 7 nitrogen and oxygen atoms in total. The van der Waals surface area contributed by atoms with Gasteiger partial charge in [0.15, 0.2) is 0 Å². The molecule has 23 heavy (non-hydrogen) atoms. The number of piperidine rings is 1. The van der Waals surface area contributed by atoms with Gasteiger partial charge >= 0.3 is 0 Å². The van der Waals surface area contributed by atoms with Crippen LogP contribution in [0.4, 0.5) is 5.82 Å². The SMILES string of the molecule is Cc1ccc(NC2CCN(C(=O)c3cc(C)nn3C)CC2)nn1. The molecule has 0 saturated carbocycles. The van der Waals surface area contributed by atoms with E-state index in [-0.39, 0.29) is 5.91 Å². The van der Waals surface area contributed by atoms with Gasteiger partial charge in [-0.15, -0.1) is 5.10 Å². The van der Waals surface area contributed by atoms with E-state index >= 15 is 0 Å². The number of nitrogens with one attached hydrogen (secondary N) is 1. The fourth-order valence-electron chi connectivity index (χ4n) is 2.88. The van der Waals surface area contributed by atoms with Crippen LogP contribution in [-0.2, 0) is 7.05 Å². The van der Waals surface area contributed by atoms with Crippen LogP contribution in [0.1, 0.15) is 34.7 Å². The second-order valence-electron chi connectivity index (χ2n) is 6.07. The molecule has 3 rings (SSSR count). The number of aromatic nitrogens is 4. The van der Waals surface area contributed by atoms with Crippen LogP contribution in [0.25, 0.3) is 0 Å². The molecule has 7 heteroatoms. The molecule has 1 saturated heterocycles. The highest BCUT2D eigenvalue weighted by Gasteiger charge is 2.25. The van der Waals surface area contributed by atoms with E-state index in [1.54, 1.807) is 4.68 Å². The summed E-state index contributed by atoms with van der Waals surface area (Å²) in [6.07, 6.45) is 1.80. The monoisotopic (exact) mass is 314 g/mol. The molecule has 0 aliphatic carbocycles. The van der Waals surface area contributed by atoms with Crippen LogP contribution in [0, 0.1) is 13.8 Å². The van der Waals surface area contributed by atoms with Crippen molar-refractivity contribution in [3.63, 3.8) is 0 Å². The van der Waals surface area contributed by atoms with Crippen molar-refractivity contribution >= 4 is 11.7 Å². The molecule has 0 unspecified atom stereocenters. The molecule has 0 bridgehead atoms. The number of anilines is 1. The predicted octanol–water partition coefficient (Wildman–Crippen LogP) is 1.54. The molecule has 1 aliphatic heterocycles. The Kier molecular flexibility index (Phi) is 4.27. The van der Waals surface area contributed by atoms with Crippen molar-refractivity contribution in [3.05, 3.63) is 35.3 Å². The molecular formula is C16H22N6O. The van der Waals surface area contributed by atoms with Gasteiger partial charge in [-0.1, -0.05) is 0 Å². The van der Waals surface area contributed by atoms with Crippen molar-refractivity contribution in [3.8, 4) is 0 Å². The number of amides is 1. The molecule has 1 aliphatic rings. The molecule has 1 N–H and O–H groups in total. The fourth-order valence-corrected chi connectivity index (χ4v) is 2.88. The second-order valence-corrected chi connectivity index (χ2v) is 6.07. The lowest BCUT2D eigenvalue weighted by Crippen LogP contribution is -2.43. The highest BCUT2D eigenvalue weighted by atomic mass is 16.2. The number of hydrogen-bond acceptors (Lipinski definition) is 5. The van der Waals surface area contributed by atoms with Crippen LogP contribution >= 0.6 is 0 Å². The first-order chi connectivity index (χ1) is 11.0. The number of carbonyl (C=O) groups excluding carboxylic acids is 1. The van der Waals surface area contributed by atoms with E-state index in [1.165, 1.54) is 0 Å². The Bertz CT molecular complexity index is 685. The van der Waals surface area contributed by atoms with E-state index in [2.05, 4.69) is 20.6 Å². The average Bonchev–Trinajstić information content (AvgIpc) is 2.88. The lowest BCUT2D eigenvalue weighted by Gasteiger charge is -2.32. The molecule has 0 spiro atoms. The third-order valence-corrected chi connectivity index (χ3v) is 4.15. The van der Waals surface area contributed by atoms with E-state index in [1.807, 2.05) is 44.0 Å². The largest absolute Gasteiger partial charge is 0.366 e. The quantitative estimate of drug-likeness (QED) is 0.930. The zero-order chi connectivity index (χ0) is 16.4. The maximum Gasteiger partial charge on any atom is 0.272 e. The van der Waals surface area contributed by atoms with Gasteiger partial charge in [-0.2, -0.15) is 10.2 Å². The topological polar surface area (TPSA) is 75.9 Å². The van der Waals surface area contributed by atoms with E-state index < -0.39 is 0 Å². The lowest BCUT2D eigenvalue weighted by atomic mass is 10.0. The van der Waals surface area contributed by atoms with Gasteiger partial charge in [0.2, 0.25) is 0 Å². The summed E-state index contributed by atoms with van der Waals surface area (Å²) in [6, 6.07) is 6.05. The molecule has 1 amide bonds. The first-order valence-electron chi connectivity index (χ1n) is 7.90. The van der Waals surface area contributed by atoms with Gasteiger partial charge in [0.1, 0.15) is 11.5 Å². The van der Waals surface area contributed by atoms with Gasteiger partial charge in [-0.25, -0.2) is 0 Å². The van der Waals surface area contributed by atoms with Crippen molar-refractivity contribution in [1.82, 2.24) is 24.9 Å². The van der Waals surface area contributed by atoms with Crippen molar-refractivity contribution in [2.75, 3.05) is 18.4 Å². The van der Waals surface area contributed by atoms with Crippen molar-refractivity contribution in [2.24, 2.45) is 7.05 Å². The Hall–Kier alpha value is -2.44. The zero-order valence-electron chi connectivity index (χ0n) is 13.8. The zero-order valence-corrected chi connectivity index (χ0v) is 13.8. The fraction of sp³-hybridized carbons (Fsp3) is 0.500. The van der Waals surface area contributed by atoms with Gasteiger partial charge in [-0.05, 0) is 44.9 Å². The number of nitrogens with zero attached hydrogens (tertiary/aromatic N) is 5. The predicted molar refractivity (Wildman–Crippen MR) is 87.3 cm³/mol. The molecule has 0 aromatic carbocycles. The molecule has 2 aromatic rings. The highest BCUT2D eigenvalue weighted by Crippen LogP contribution is 2.17. The number of likely N-dealkylation sites (tertiary alicyclic amines) is 1. The van der Waals surface area contributed by atoms with Crippen molar-refractivity contribution < 1.29 is 4.79 Å². The maximum atomic E-state index is 12.6. The van der Waals surface area contributed by atoms with Crippen LogP contribution in [0.3, 0.4) is 0 Å². The van der Waals surface area contributed by atoms with Crippen LogP contribution < -0.4 is 5.32 Å². The van der Waals surface area contributed by atoms with E-state index in [9.17, 15) is 4.79 Å². The van der Waals surface area contributed by atoms with Gasteiger partial charge in [0, 0.05) is 26.2 Å². The molecule has 0 radical (unpaired) electrons. The number of hydrogen-bond donors (Lipinski definition) is 1. The smallest absolute Gasteiger partial charge is 0.272 e. The summed E-state index contributed by atoms with van der Waals surface area (Å²) in [5.41, 5.74) is 2.42. The lowest BCUT2D eigenvalue weighted by molar-refractivity contribution is 0.0707. The van der Waals surface area contributed by atoms with E-state index in [4.69, 9.17) is 0 Å². The number of rotatable bonds is 3. The summed E-state index contributed by atoms with van der Waals surface area (Å²) in [5.74, 6) is 0.851. The third-order valence-electron chi connectivity index (χ3n) is 4.15. The molecule has 3 heterocycles. The Morgan fingerprint density at radius 2 is 1.91 bits per heavy atom. The van der Waals surface area contributed by atoms with Crippen molar-refractivity contribution in [2.45, 2.75) is 32.7 Å². The molecule has 122 valence electrons. The summed E-state index contributed by atoms with van der Waals surface area (Å²) < 4.78 is 1.66. The Balaban J connectivity index is 1.57. The summed E-state index contributed by atoms with van der Waals surface area (Å²) >= 11 is 0. The normalized spacial score (nSPS) is 15.7. The number of carbonyl (C=O) groups is 1. The third kappa shape index (κ3) is 3.49. The average molecular weight is 314 g/mol. The van der Waals surface area contributed by atoms with E-state index in [0.29, 0.717) is 11.7 Å². The van der Waals surface area contributed by atoms with Crippen LogP contribution in [0.5, 0.6) is 0 Å². The van der Waals surface area contributed by atoms with Crippen LogP contribution in [0.15, 0.2) is 18.2 Å². The molecule has 2 aromatic heterocycles. The van der Waals surface area contributed by atoms with Gasteiger partial charge < -0.3 is 10.2 Å². The Labute approximate surface area is 135 Å². The highest BCUT2D eigenvalue weighted by molar-refractivity contribution is 5.92.